The Kier molecular flexibility index (Phi) is 4.59. The number of hydrogen-bond acceptors (Lipinski definition) is 2. The van der Waals surface area contributed by atoms with Crippen LogP contribution in [0, 0.1) is 12.3 Å². The molecule has 0 radical (unpaired) electrons. The van der Waals surface area contributed by atoms with Crippen molar-refractivity contribution in [2.75, 3.05) is 6.61 Å². The fraction of sp³-hybridized carbons (Fsp3) is 0.308. The van der Waals surface area contributed by atoms with Crippen LogP contribution in [0.3, 0.4) is 0 Å². The summed E-state index contributed by atoms with van der Waals surface area (Å²) in [5.74, 6) is 2.46. The van der Waals surface area contributed by atoms with Gasteiger partial charge in [0.1, 0.15) is 6.61 Å². The molecule has 0 aliphatic heterocycles. The van der Waals surface area contributed by atoms with Crippen molar-refractivity contribution in [3.8, 4) is 12.3 Å². The molecule has 0 aromatic heterocycles. The molecule has 0 saturated carbocycles. The van der Waals surface area contributed by atoms with Gasteiger partial charge in [-0.15, -0.1) is 6.42 Å². The average Bonchev–Trinajstić information content (AvgIpc) is 2.27. The second-order valence-electron chi connectivity index (χ2n) is 3.32. The van der Waals surface area contributed by atoms with Gasteiger partial charge in [-0.25, -0.2) is 0 Å². The van der Waals surface area contributed by atoms with E-state index in [1.165, 1.54) is 0 Å². The van der Waals surface area contributed by atoms with E-state index in [0.717, 1.165) is 0 Å². The lowest BCUT2D eigenvalue weighted by atomic mass is 10.1. The molecule has 0 saturated heterocycles. The van der Waals surface area contributed by atoms with Gasteiger partial charge in [-0.2, -0.15) is 0 Å². The van der Waals surface area contributed by atoms with E-state index in [4.69, 9.17) is 11.2 Å². The first-order valence-electron chi connectivity index (χ1n) is 4.87. The van der Waals surface area contributed by atoms with Crippen LogP contribution in [0.2, 0.25) is 0 Å². The molecule has 1 aromatic carbocycles. The summed E-state index contributed by atoms with van der Waals surface area (Å²) in [6.45, 7) is 2.10. The normalized spacial score (nSPS) is 11.7. The van der Waals surface area contributed by atoms with Gasteiger partial charge in [-0.3, -0.25) is 4.79 Å². The molecular formula is C13H14O2. The van der Waals surface area contributed by atoms with Gasteiger partial charge in [0.05, 0.1) is 6.10 Å². The second-order valence-corrected chi connectivity index (χ2v) is 3.32. The zero-order valence-electron chi connectivity index (χ0n) is 8.77. The molecule has 0 aliphatic rings. The molecule has 0 amide bonds. The Labute approximate surface area is 90.3 Å². The van der Waals surface area contributed by atoms with Crippen LogP contribution in [0.15, 0.2) is 30.3 Å². The standard InChI is InChI=1S/C13H14O2/c1-3-9-15-11(2)10-13(14)12-7-5-4-6-8-12/h1,4-8,11H,9-10H2,2H3. The van der Waals surface area contributed by atoms with Crippen LogP contribution in [0.25, 0.3) is 0 Å². The number of hydrogen-bond donors (Lipinski definition) is 0. The summed E-state index contributed by atoms with van der Waals surface area (Å²) in [5.41, 5.74) is 0.716. The van der Waals surface area contributed by atoms with Crippen molar-refractivity contribution in [1.29, 1.82) is 0 Å². The highest BCUT2D eigenvalue weighted by molar-refractivity contribution is 5.96. The monoisotopic (exact) mass is 202 g/mol. The van der Waals surface area contributed by atoms with Crippen LogP contribution in [0.1, 0.15) is 23.7 Å². The molecule has 0 fully saturated rings. The zero-order chi connectivity index (χ0) is 11.1. The third kappa shape index (κ3) is 3.97. The third-order valence-corrected chi connectivity index (χ3v) is 2.02. The van der Waals surface area contributed by atoms with Crippen LogP contribution in [0.5, 0.6) is 0 Å². The molecule has 0 aliphatic carbocycles. The van der Waals surface area contributed by atoms with Crippen molar-refractivity contribution in [1.82, 2.24) is 0 Å². The molecule has 0 bridgehead atoms. The van der Waals surface area contributed by atoms with Gasteiger partial charge in [0.2, 0.25) is 0 Å². The molecule has 1 atom stereocenters. The second kappa shape index (κ2) is 6.00. The zero-order valence-corrected chi connectivity index (χ0v) is 8.77. The van der Waals surface area contributed by atoms with Crippen LogP contribution in [-0.2, 0) is 4.74 Å². The lowest BCUT2D eigenvalue weighted by molar-refractivity contribution is 0.0695. The number of carbonyl (C=O) groups excluding carboxylic acids is 1. The fourth-order valence-electron chi connectivity index (χ4n) is 1.25. The molecule has 0 N–H and O–H groups in total. The number of ether oxygens (including phenoxy) is 1. The number of rotatable bonds is 5. The van der Waals surface area contributed by atoms with Crippen LogP contribution >= 0.6 is 0 Å². The van der Waals surface area contributed by atoms with Gasteiger partial charge in [-0.05, 0) is 6.92 Å². The number of benzene rings is 1. The van der Waals surface area contributed by atoms with Crippen molar-refractivity contribution in [3.05, 3.63) is 35.9 Å². The number of carbonyl (C=O) groups is 1. The quantitative estimate of drug-likeness (QED) is 0.541. The molecule has 78 valence electrons. The van der Waals surface area contributed by atoms with Crippen molar-refractivity contribution >= 4 is 5.78 Å². The number of terminal acetylenes is 1. The molecule has 1 rings (SSSR count). The van der Waals surface area contributed by atoms with Gasteiger partial charge >= 0.3 is 0 Å². The lowest BCUT2D eigenvalue weighted by Crippen LogP contribution is -2.14. The molecule has 1 aromatic rings. The minimum atomic E-state index is -0.131. The van der Waals surface area contributed by atoms with Crippen LogP contribution in [0.4, 0.5) is 0 Å². The Morgan fingerprint density at radius 2 is 2.13 bits per heavy atom. The maximum Gasteiger partial charge on any atom is 0.165 e. The summed E-state index contributed by atoms with van der Waals surface area (Å²) in [5, 5.41) is 0. The summed E-state index contributed by atoms with van der Waals surface area (Å²) in [4.78, 5) is 11.7. The van der Waals surface area contributed by atoms with Gasteiger partial charge < -0.3 is 4.74 Å². The molecule has 1 unspecified atom stereocenters. The van der Waals surface area contributed by atoms with E-state index < -0.39 is 0 Å². The van der Waals surface area contributed by atoms with Crippen LogP contribution in [-0.4, -0.2) is 18.5 Å². The Morgan fingerprint density at radius 1 is 1.47 bits per heavy atom. The van der Waals surface area contributed by atoms with E-state index in [0.29, 0.717) is 12.0 Å². The SMILES string of the molecule is C#CCOC(C)CC(=O)c1ccccc1. The topological polar surface area (TPSA) is 26.3 Å². The lowest BCUT2D eigenvalue weighted by Gasteiger charge is -2.09. The number of ketones is 1. The first-order valence-corrected chi connectivity index (χ1v) is 4.87. The Hall–Kier alpha value is -1.59. The molecule has 2 nitrogen and oxygen atoms in total. The largest absolute Gasteiger partial charge is 0.365 e. The molecule has 0 heterocycles. The van der Waals surface area contributed by atoms with Gasteiger partial charge in [-0.1, -0.05) is 36.3 Å². The van der Waals surface area contributed by atoms with E-state index >= 15 is 0 Å². The smallest absolute Gasteiger partial charge is 0.165 e. The van der Waals surface area contributed by atoms with E-state index in [1.807, 2.05) is 25.1 Å². The van der Waals surface area contributed by atoms with Crippen molar-refractivity contribution in [2.24, 2.45) is 0 Å². The van der Waals surface area contributed by atoms with Gasteiger partial charge in [0.25, 0.3) is 0 Å². The summed E-state index contributed by atoms with van der Waals surface area (Å²) in [6.07, 6.45) is 5.29. The van der Waals surface area contributed by atoms with E-state index in [2.05, 4.69) is 5.92 Å². The predicted molar refractivity (Wildman–Crippen MR) is 59.6 cm³/mol. The first kappa shape index (κ1) is 11.5. The highest BCUT2D eigenvalue weighted by Crippen LogP contribution is 2.07. The highest BCUT2D eigenvalue weighted by atomic mass is 16.5. The minimum absolute atomic E-state index is 0.0834. The number of Topliss-reactive ketones (excluding diaryl/α,β-unsaturated/α-hetero) is 1. The van der Waals surface area contributed by atoms with Gasteiger partial charge in [0.15, 0.2) is 5.78 Å². The highest BCUT2D eigenvalue weighted by Gasteiger charge is 2.10. The summed E-state index contributed by atoms with van der Waals surface area (Å²) >= 11 is 0. The van der Waals surface area contributed by atoms with Crippen molar-refractivity contribution in [2.45, 2.75) is 19.4 Å². The Balaban J connectivity index is 2.46. The fourth-order valence-corrected chi connectivity index (χ4v) is 1.25. The van der Waals surface area contributed by atoms with Crippen molar-refractivity contribution in [3.63, 3.8) is 0 Å². The molecule has 0 spiro atoms. The molecule has 15 heavy (non-hydrogen) atoms. The predicted octanol–water partition coefficient (Wildman–Crippen LogP) is 2.30. The summed E-state index contributed by atoms with van der Waals surface area (Å²) in [6, 6.07) is 9.18. The molecule has 2 heteroatoms. The Bertz CT molecular complexity index is 349. The minimum Gasteiger partial charge on any atom is -0.365 e. The van der Waals surface area contributed by atoms with E-state index in [1.54, 1.807) is 12.1 Å². The van der Waals surface area contributed by atoms with E-state index in [9.17, 15) is 4.79 Å². The van der Waals surface area contributed by atoms with Crippen molar-refractivity contribution < 1.29 is 9.53 Å². The average molecular weight is 202 g/mol. The Morgan fingerprint density at radius 3 is 2.73 bits per heavy atom. The first-order chi connectivity index (χ1) is 7.24. The maximum absolute atomic E-state index is 11.7. The summed E-state index contributed by atoms with van der Waals surface area (Å²) in [7, 11) is 0. The summed E-state index contributed by atoms with van der Waals surface area (Å²) < 4.78 is 5.23. The maximum atomic E-state index is 11.7. The van der Waals surface area contributed by atoms with E-state index in [-0.39, 0.29) is 18.5 Å². The van der Waals surface area contributed by atoms with Gasteiger partial charge in [0, 0.05) is 12.0 Å². The molecular weight excluding hydrogens is 188 g/mol. The van der Waals surface area contributed by atoms with Crippen LogP contribution < -0.4 is 0 Å². The third-order valence-electron chi connectivity index (χ3n) is 2.02.